The lowest BCUT2D eigenvalue weighted by Gasteiger charge is -2.16. The van der Waals surface area contributed by atoms with Gasteiger partial charge in [-0.1, -0.05) is 24.6 Å². The zero-order chi connectivity index (χ0) is 21.2. The molecule has 2 aromatic carbocycles. The lowest BCUT2D eigenvalue weighted by molar-refractivity contribution is -0.122. The van der Waals surface area contributed by atoms with Crippen LogP contribution in [0.25, 0.3) is 11.4 Å². The summed E-state index contributed by atoms with van der Waals surface area (Å²) in [6.45, 7) is 1.35. The highest BCUT2D eigenvalue weighted by atomic mass is 16.2. The molecule has 7 heteroatoms. The molecule has 0 bridgehead atoms. The number of aryl methyl sites for hydroxylation is 1. The fourth-order valence-electron chi connectivity index (χ4n) is 4.39. The van der Waals surface area contributed by atoms with E-state index in [4.69, 9.17) is 0 Å². The van der Waals surface area contributed by atoms with Gasteiger partial charge in [0, 0.05) is 42.9 Å². The SMILES string of the molecule is O=C(Nc1ccc(-c2nnc3n2CCCCC3)cc1)C1CC(=O)N(c2ccccc2)C1. The topological polar surface area (TPSA) is 80.1 Å². The first-order chi connectivity index (χ1) is 15.2. The molecule has 0 aliphatic carbocycles. The Labute approximate surface area is 181 Å². The number of benzene rings is 2. The van der Waals surface area contributed by atoms with Gasteiger partial charge in [0.25, 0.3) is 0 Å². The second-order valence-electron chi connectivity index (χ2n) is 8.21. The van der Waals surface area contributed by atoms with Gasteiger partial charge in [-0.05, 0) is 49.2 Å². The van der Waals surface area contributed by atoms with Crippen LogP contribution in [-0.4, -0.2) is 33.1 Å². The normalized spacial score (nSPS) is 18.5. The maximum Gasteiger partial charge on any atom is 0.229 e. The van der Waals surface area contributed by atoms with Gasteiger partial charge in [-0.2, -0.15) is 0 Å². The zero-order valence-corrected chi connectivity index (χ0v) is 17.3. The van der Waals surface area contributed by atoms with Gasteiger partial charge in [0.1, 0.15) is 5.82 Å². The van der Waals surface area contributed by atoms with Crippen molar-refractivity contribution in [2.75, 3.05) is 16.8 Å². The van der Waals surface area contributed by atoms with E-state index in [0.29, 0.717) is 6.54 Å². The maximum atomic E-state index is 12.8. The first-order valence-electron chi connectivity index (χ1n) is 10.9. The number of nitrogens with zero attached hydrogens (tertiary/aromatic N) is 4. The highest BCUT2D eigenvalue weighted by molar-refractivity contribution is 6.03. The smallest absolute Gasteiger partial charge is 0.229 e. The minimum absolute atomic E-state index is 0.0193. The molecule has 2 amide bonds. The van der Waals surface area contributed by atoms with Gasteiger partial charge in [-0.15, -0.1) is 10.2 Å². The van der Waals surface area contributed by atoms with Crippen molar-refractivity contribution in [3.05, 3.63) is 60.4 Å². The third-order valence-corrected chi connectivity index (χ3v) is 6.08. The summed E-state index contributed by atoms with van der Waals surface area (Å²) in [5.41, 5.74) is 2.54. The van der Waals surface area contributed by atoms with Crippen LogP contribution in [0.4, 0.5) is 11.4 Å². The molecule has 1 saturated heterocycles. The monoisotopic (exact) mass is 415 g/mol. The van der Waals surface area contributed by atoms with Crippen LogP contribution in [0.1, 0.15) is 31.5 Å². The van der Waals surface area contributed by atoms with Crippen molar-refractivity contribution in [2.45, 2.75) is 38.6 Å². The molecule has 2 aliphatic heterocycles. The van der Waals surface area contributed by atoms with Gasteiger partial charge in [-0.3, -0.25) is 9.59 Å². The number of para-hydroxylation sites is 1. The molecular formula is C24H25N5O2. The highest BCUT2D eigenvalue weighted by Gasteiger charge is 2.35. The Morgan fingerprint density at radius 3 is 2.58 bits per heavy atom. The largest absolute Gasteiger partial charge is 0.326 e. The summed E-state index contributed by atoms with van der Waals surface area (Å²) in [5.74, 6) is 1.43. The molecule has 3 aromatic rings. The third-order valence-electron chi connectivity index (χ3n) is 6.08. The molecule has 1 N–H and O–H groups in total. The van der Waals surface area contributed by atoms with E-state index in [1.807, 2.05) is 54.6 Å². The van der Waals surface area contributed by atoms with E-state index in [2.05, 4.69) is 20.1 Å². The molecule has 0 spiro atoms. The predicted octanol–water partition coefficient (Wildman–Crippen LogP) is 3.66. The average molecular weight is 415 g/mol. The fraction of sp³-hybridized carbons (Fsp3) is 0.333. The summed E-state index contributed by atoms with van der Waals surface area (Å²) in [4.78, 5) is 26.8. The summed E-state index contributed by atoms with van der Waals surface area (Å²) in [6, 6.07) is 17.2. The van der Waals surface area contributed by atoms with E-state index in [1.54, 1.807) is 4.90 Å². The van der Waals surface area contributed by atoms with E-state index in [9.17, 15) is 9.59 Å². The van der Waals surface area contributed by atoms with Crippen LogP contribution in [0.15, 0.2) is 54.6 Å². The standard InChI is InChI=1S/C24H25N5O2/c30-22-15-18(16-29(22)20-7-3-1-4-8-20)24(31)25-19-12-10-17(11-13-19)23-27-26-21-9-5-2-6-14-28(21)23/h1,3-4,7-8,10-13,18H,2,5-6,9,14-16H2,(H,25,31). The molecule has 0 radical (unpaired) electrons. The lowest BCUT2D eigenvalue weighted by Crippen LogP contribution is -2.28. The lowest BCUT2D eigenvalue weighted by atomic mass is 10.1. The fourth-order valence-corrected chi connectivity index (χ4v) is 4.39. The number of hydrogen-bond donors (Lipinski definition) is 1. The molecule has 3 heterocycles. The number of rotatable bonds is 4. The van der Waals surface area contributed by atoms with E-state index in [-0.39, 0.29) is 24.2 Å². The van der Waals surface area contributed by atoms with Crippen LogP contribution in [0.2, 0.25) is 0 Å². The van der Waals surface area contributed by atoms with Crippen LogP contribution < -0.4 is 10.2 Å². The van der Waals surface area contributed by atoms with Gasteiger partial charge in [0.2, 0.25) is 11.8 Å². The first kappa shape index (κ1) is 19.5. The van der Waals surface area contributed by atoms with Crippen molar-refractivity contribution in [3.63, 3.8) is 0 Å². The van der Waals surface area contributed by atoms with Gasteiger partial charge < -0.3 is 14.8 Å². The maximum absolute atomic E-state index is 12.8. The Kier molecular flexibility index (Phi) is 5.24. The van der Waals surface area contributed by atoms with E-state index >= 15 is 0 Å². The number of nitrogens with one attached hydrogen (secondary N) is 1. The van der Waals surface area contributed by atoms with Gasteiger partial charge in [-0.25, -0.2) is 0 Å². The van der Waals surface area contributed by atoms with Gasteiger partial charge in [0.15, 0.2) is 5.82 Å². The Hall–Kier alpha value is -3.48. The molecule has 158 valence electrons. The number of carbonyl (C=O) groups is 2. The molecule has 1 atom stereocenters. The summed E-state index contributed by atoms with van der Waals surface area (Å²) >= 11 is 0. The van der Waals surface area contributed by atoms with Crippen molar-refractivity contribution in [3.8, 4) is 11.4 Å². The third kappa shape index (κ3) is 3.95. The van der Waals surface area contributed by atoms with E-state index in [1.165, 1.54) is 6.42 Å². The summed E-state index contributed by atoms with van der Waals surface area (Å²) < 4.78 is 2.21. The van der Waals surface area contributed by atoms with Crippen LogP contribution in [0.5, 0.6) is 0 Å². The molecule has 31 heavy (non-hydrogen) atoms. The number of aromatic nitrogens is 3. The van der Waals surface area contributed by atoms with Gasteiger partial charge in [0.05, 0.1) is 5.92 Å². The van der Waals surface area contributed by atoms with Crippen LogP contribution in [-0.2, 0) is 22.6 Å². The number of fused-ring (bicyclic) bond motifs is 1. The van der Waals surface area contributed by atoms with Crippen molar-refractivity contribution in [1.29, 1.82) is 0 Å². The van der Waals surface area contributed by atoms with Crippen molar-refractivity contribution in [2.24, 2.45) is 5.92 Å². The molecule has 5 rings (SSSR count). The molecule has 2 aliphatic rings. The number of carbonyl (C=O) groups excluding carboxylic acids is 2. The quantitative estimate of drug-likeness (QED) is 0.705. The van der Waals surface area contributed by atoms with Crippen LogP contribution in [0, 0.1) is 5.92 Å². The number of amides is 2. The minimum atomic E-state index is -0.361. The minimum Gasteiger partial charge on any atom is -0.326 e. The molecule has 7 nitrogen and oxygen atoms in total. The molecule has 1 unspecified atom stereocenters. The first-order valence-corrected chi connectivity index (χ1v) is 10.9. The second-order valence-corrected chi connectivity index (χ2v) is 8.21. The van der Waals surface area contributed by atoms with E-state index in [0.717, 1.165) is 54.4 Å². The van der Waals surface area contributed by atoms with E-state index < -0.39 is 0 Å². The highest BCUT2D eigenvalue weighted by Crippen LogP contribution is 2.27. The number of anilines is 2. The Morgan fingerprint density at radius 2 is 1.77 bits per heavy atom. The summed E-state index contributed by atoms with van der Waals surface area (Å²) in [7, 11) is 0. The average Bonchev–Trinajstić information content (AvgIpc) is 3.30. The zero-order valence-electron chi connectivity index (χ0n) is 17.3. The summed E-state index contributed by atoms with van der Waals surface area (Å²) in [5, 5.41) is 11.7. The molecule has 1 aromatic heterocycles. The van der Waals surface area contributed by atoms with Gasteiger partial charge >= 0.3 is 0 Å². The Balaban J connectivity index is 1.26. The van der Waals surface area contributed by atoms with Crippen LogP contribution >= 0.6 is 0 Å². The Morgan fingerprint density at radius 1 is 0.968 bits per heavy atom. The molecule has 1 fully saturated rings. The molecule has 0 saturated carbocycles. The molecular weight excluding hydrogens is 390 g/mol. The Bertz CT molecular complexity index is 1090. The predicted molar refractivity (Wildman–Crippen MR) is 119 cm³/mol. The van der Waals surface area contributed by atoms with Crippen molar-refractivity contribution in [1.82, 2.24) is 14.8 Å². The second kappa shape index (κ2) is 8.34. The number of hydrogen-bond acceptors (Lipinski definition) is 4. The summed E-state index contributed by atoms with van der Waals surface area (Å²) in [6.07, 6.45) is 4.73. The van der Waals surface area contributed by atoms with Crippen LogP contribution in [0.3, 0.4) is 0 Å². The van der Waals surface area contributed by atoms with Crippen molar-refractivity contribution >= 4 is 23.2 Å². The van der Waals surface area contributed by atoms with Crippen molar-refractivity contribution < 1.29 is 9.59 Å².